The van der Waals surface area contributed by atoms with Crippen LogP contribution >= 0.6 is 23.1 Å². The van der Waals surface area contributed by atoms with Crippen molar-refractivity contribution in [3.05, 3.63) is 29.8 Å². The number of rotatable bonds is 9. The molecule has 2 rings (SSSR count). The number of hydrogen-bond acceptors (Lipinski definition) is 7. The van der Waals surface area contributed by atoms with Gasteiger partial charge in [0.25, 0.3) is 0 Å². The van der Waals surface area contributed by atoms with Crippen LogP contribution in [-0.4, -0.2) is 51.7 Å². The molecule has 2 aromatic rings. The summed E-state index contributed by atoms with van der Waals surface area (Å²) >= 11 is 3.07. The first-order chi connectivity index (χ1) is 11.1. The van der Waals surface area contributed by atoms with Gasteiger partial charge in [-0.25, -0.2) is 0 Å². The molecule has 1 aromatic heterocycles. The summed E-state index contributed by atoms with van der Waals surface area (Å²) in [6.45, 7) is 8.90. The molecule has 1 atom stereocenters. The molecule has 0 saturated carbocycles. The molecule has 1 aromatic carbocycles. The third-order valence-corrected chi connectivity index (χ3v) is 5.67. The lowest BCUT2D eigenvalue weighted by molar-refractivity contribution is 0.137. The van der Waals surface area contributed by atoms with E-state index in [2.05, 4.69) is 47.3 Å². The van der Waals surface area contributed by atoms with Gasteiger partial charge in [-0.3, -0.25) is 0 Å². The first-order valence-electron chi connectivity index (χ1n) is 7.81. The third-order valence-electron chi connectivity index (χ3n) is 3.56. The average molecular weight is 353 g/mol. The molecule has 7 heteroatoms. The summed E-state index contributed by atoms with van der Waals surface area (Å²) in [5.41, 5.74) is 2.22. The molecule has 126 valence electrons. The predicted molar refractivity (Wildman–Crippen MR) is 98.9 cm³/mol. The van der Waals surface area contributed by atoms with Crippen LogP contribution in [0.3, 0.4) is 0 Å². The molecule has 0 radical (unpaired) electrons. The SMILES string of the molecule is CCN(CC)C[C@H](O)CSc1nnc(Nc2ccccc2C)s1. The highest BCUT2D eigenvalue weighted by Crippen LogP contribution is 2.29. The predicted octanol–water partition coefficient (Wildman–Crippen LogP) is 3.38. The van der Waals surface area contributed by atoms with E-state index in [4.69, 9.17) is 0 Å². The fourth-order valence-corrected chi connectivity index (χ4v) is 3.85. The lowest BCUT2D eigenvalue weighted by atomic mass is 10.2. The van der Waals surface area contributed by atoms with Crippen molar-refractivity contribution in [1.82, 2.24) is 15.1 Å². The van der Waals surface area contributed by atoms with E-state index in [1.54, 1.807) is 11.8 Å². The number of benzene rings is 1. The van der Waals surface area contributed by atoms with Crippen LogP contribution in [-0.2, 0) is 0 Å². The van der Waals surface area contributed by atoms with Gasteiger partial charge in [0.05, 0.1) is 6.10 Å². The molecule has 0 aliphatic heterocycles. The standard InChI is InChI=1S/C16H24N4OS2/c1-4-20(5-2)10-13(21)11-22-16-19-18-15(23-16)17-14-9-7-6-8-12(14)3/h6-9,13,21H,4-5,10-11H2,1-3H3,(H,17,18)/t13-/m0/s1. The Labute approximate surface area is 146 Å². The quantitative estimate of drug-likeness (QED) is 0.675. The van der Waals surface area contributed by atoms with Crippen molar-refractivity contribution >= 4 is 33.9 Å². The zero-order valence-corrected chi connectivity index (χ0v) is 15.5. The maximum absolute atomic E-state index is 10.1. The highest BCUT2D eigenvalue weighted by atomic mass is 32.2. The van der Waals surface area contributed by atoms with E-state index < -0.39 is 0 Å². The Kier molecular flexibility index (Phi) is 7.29. The molecule has 0 amide bonds. The van der Waals surface area contributed by atoms with E-state index >= 15 is 0 Å². The normalized spacial score (nSPS) is 12.6. The summed E-state index contributed by atoms with van der Waals surface area (Å²) in [4.78, 5) is 2.22. The second kappa shape index (κ2) is 9.22. The number of aliphatic hydroxyl groups is 1. The highest BCUT2D eigenvalue weighted by molar-refractivity contribution is 8.01. The minimum Gasteiger partial charge on any atom is -0.391 e. The van der Waals surface area contributed by atoms with Crippen molar-refractivity contribution in [3.63, 3.8) is 0 Å². The number of anilines is 2. The van der Waals surface area contributed by atoms with Gasteiger partial charge >= 0.3 is 0 Å². The minimum absolute atomic E-state index is 0.350. The lowest BCUT2D eigenvalue weighted by Crippen LogP contribution is -2.33. The molecular weight excluding hydrogens is 328 g/mol. The van der Waals surface area contributed by atoms with E-state index in [1.807, 2.05) is 18.2 Å². The van der Waals surface area contributed by atoms with Crippen molar-refractivity contribution in [2.45, 2.75) is 31.2 Å². The molecule has 0 unspecified atom stereocenters. The number of likely N-dealkylation sites (N-methyl/N-ethyl adjacent to an activating group) is 1. The molecule has 0 aliphatic carbocycles. The number of hydrogen-bond donors (Lipinski definition) is 2. The zero-order chi connectivity index (χ0) is 16.7. The Hall–Kier alpha value is -1.15. The molecule has 0 aliphatic rings. The second-order valence-electron chi connectivity index (χ2n) is 5.26. The first kappa shape index (κ1) is 18.2. The summed E-state index contributed by atoms with van der Waals surface area (Å²) in [5.74, 6) is 0.634. The van der Waals surface area contributed by atoms with Crippen molar-refractivity contribution in [3.8, 4) is 0 Å². The molecule has 0 saturated heterocycles. The van der Waals surface area contributed by atoms with Gasteiger partial charge in [0.2, 0.25) is 5.13 Å². The molecule has 23 heavy (non-hydrogen) atoms. The molecule has 0 spiro atoms. The van der Waals surface area contributed by atoms with Crippen LogP contribution in [0.2, 0.25) is 0 Å². The van der Waals surface area contributed by atoms with Gasteiger partial charge in [0.15, 0.2) is 4.34 Å². The Bertz CT molecular complexity index is 601. The number of thioether (sulfide) groups is 1. The topological polar surface area (TPSA) is 61.3 Å². The van der Waals surface area contributed by atoms with Crippen LogP contribution in [0.15, 0.2) is 28.6 Å². The van der Waals surface area contributed by atoms with Gasteiger partial charge in [-0.1, -0.05) is 55.1 Å². The number of nitrogens with one attached hydrogen (secondary N) is 1. The van der Waals surface area contributed by atoms with Crippen molar-refractivity contribution in [2.24, 2.45) is 0 Å². The van der Waals surface area contributed by atoms with Crippen LogP contribution in [0.25, 0.3) is 0 Å². The first-order valence-corrected chi connectivity index (χ1v) is 9.62. The van der Waals surface area contributed by atoms with Gasteiger partial charge < -0.3 is 15.3 Å². The van der Waals surface area contributed by atoms with Crippen LogP contribution < -0.4 is 5.32 Å². The summed E-state index contributed by atoms with van der Waals surface area (Å²) in [7, 11) is 0. The van der Waals surface area contributed by atoms with E-state index in [0.29, 0.717) is 12.3 Å². The van der Waals surface area contributed by atoms with Crippen LogP contribution in [0.4, 0.5) is 10.8 Å². The molecule has 1 heterocycles. The van der Waals surface area contributed by atoms with Crippen molar-refractivity contribution in [2.75, 3.05) is 30.7 Å². The number of aryl methyl sites for hydroxylation is 1. The highest BCUT2D eigenvalue weighted by Gasteiger charge is 2.12. The summed E-state index contributed by atoms with van der Waals surface area (Å²) in [6, 6.07) is 8.09. The Morgan fingerprint density at radius 2 is 2.00 bits per heavy atom. The van der Waals surface area contributed by atoms with Gasteiger partial charge in [-0.2, -0.15) is 0 Å². The van der Waals surface area contributed by atoms with Crippen LogP contribution in [0, 0.1) is 6.92 Å². The number of aromatic nitrogens is 2. The smallest absolute Gasteiger partial charge is 0.210 e. The van der Waals surface area contributed by atoms with Crippen molar-refractivity contribution < 1.29 is 5.11 Å². The average Bonchev–Trinajstić information content (AvgIpc) is 3.00. The van der Waals surface area contributed by atoms with Gasteiger partial charge in [0, 0.05) is 18.0 Å². The minimum atomic E-state index is -0.350. The largest absolute Gasteiger partial charge is 0.391 e. The molecular formula is C16H24N4OS2. The summed E-state index contributed by atoms with van der Waals surface area (Å²) in [5, 5.41) is 22.5. The van der Waals surface area contributed by atoms with E-state index in [0.717, 1.165) is 28.2 Å². The maximum atomic E-state index is 10.1. The van der Waals surface area contributed by atoms with E-state index in [9.17, 15) is 5.11 Å². The number of aliphatic hydroxyl groups excluding tert-OH is 1. The molecule has 0 bridgehead atoms. The van der Waals surface area contributed by atoms with Gasteiger partial charge in [0.1, 0.15) is 0 Å². The van der Waals surface area contributed by atoms with Gasteiger partial charge in [-0.05, 0) is 31.6 Å². The monoisotopic (exact) mass is 352 g/mol. The number of nitrogens with zero attached hydrogens (tertiary/aromatic N) is 3. The Morgan fingerprint density at radius 1 is 1.26 bits per heavy atom. The molecule has 5 nitrogen and oxygen atoms in total. The summed E-state index contributed by atoms with van der Waals surface area (Å²) in [6.07, 6.45) is -0.350. The lowest BCUT2D eigenvalue weighted by Gasteiger charge is -2.21. The van der Waals surface area contributed by atoms with E-state index in [-0.39, 0.29) is 6.10 Å². The zero-order valence-electron chi connectivity index (χ0n) is 13.8. The van der Waals surface area contributed by atoms with Crippen LogP contribution in [0.5, 0.6) is 0 Å². The van der Waals surface area contributed by atoms with Crippen molar-refractivity contribution in [1.29, 1.82) is 0 Å². The van der Waals surface area contributed by atoms with Gasteiger partial charge in [-0.15, -0.1) is 10.2 Å². The summed E-state index contributed by atoms with van der Waals surface area (Å²) < 4.78 is 0.875. The second-order valence-corrected chi connectivity index (χ2v) is 7.51. The number of para-hydroxylation sites is 1. The molecule has 2 N–H and O–H groups in total. The van der Waals surface area contributed by atoms with E-state index in [1.165, 1.54) is 16.9 Å². The maximum Gasteiger partial charge on any atom is 0.210 e. The third kappa shape index (κ3) is 5.76. The Balaban J connectivity index is 1.84. The van der Waals surface area contributed by atoms with Crippen LogP contribution in [0.1, 0.15) is 19.4 Å². The molecule has 0 fully saturated rings. The fraction of sp³-hybridized carbons (Fsp3) is 0.500. The fourth-order valence-electron chi connectivity index (χ4n) is 2.15. The Morgan fingerprint density at radius 3 is 2.70 bits per heavy atom.